The number of aryl methyl sites for hydroxylation is 1. The third-order valence-electron chi connectivity index (χ3n) is 2.84. The smallest absolute Gasteiger partial charge is 0.321 e. The highest BCUT2D eigenvalue weighted by Crippen LogP contribution is 2.18. The zero-order valence-electron chi connectivity index (χ0n) is 9.80. The maximum atomic E-state index is 11.1. The van der Waals surface area contributed by atoms with E-state index in [0.717, 1.165) is 23.7 Å². The molecule has 0 saturated carbocycles. The second-order valence-electron chi connectivity index (χ2n) is 4.17. The molecule has 0 amide bonds. The number of carbonyl (C=O) groups is 1. The van der Waals surface area contributed by atoms with E-state index in [9.17, 15) is 4.79 Å². The highest BCUT2D eigenvalue weighted by molar-refractivity contribution is 7.99. The van der Waals surface area contributed by atoms with Crippen molar-refractivity contribution in [1.29, 1.82) is 0 Å². The van der Waals surface area contributed by atoms with Gasteiger partial charge in [-0.1, -0.05) is 6.07 Å². The standard InChI is InChI=1S/C12H16N2O2S/c1-9-3-2-4-10(13-9)7-14-5-6-17-8-11(14)12(15)16/h2-4,11H,5-8H2,1H3,(H,15,16). The second kappa shape index (κ2) is 5.51. The number of hydrogen-bond acceptors (Lipinski definition) is 4. The lowest BCUT2D eigenvalue weighted by molar-refractivity contribution is -0.142. The predicted octanol–water partition coefficient (Wildman–Crippen LogP) is 1.39. The molecule has 1 N–H and O–H groups in total. The number of carboxylic acid groups (broad SMARTS) is 1. The topological polar surface area (TPSA) is 53.4 Å². The lowest BCUT2D eigenvalue weighted by atomic mass is 10.2. The Balaban J connectivity index is 2.08. The lowest BCUT2D eigenvalue weighted by Crippen LogP contribution is -2.46. The number of aliphatic carboxylic acids is 1. The van der Waals surface area contributed by atoms with Crippen LogP contribution in [0.25, 0.3) is 0 Å². The first-order valence-corrected chi connectivity index (χ1v) is 6.79. The van der Waals surface area contributed by atoms with Gasteiger partial charge in [-0.15, -0.1) is 0 Å². The Morgan fingerprint density at radius 1 is 1.65 bits per heavy atom. The van der Waals surface area contributed by atoms with Gasteiger partial charge in [-0.2, -0.15) is 11.8 Å². The zero-order chi connectivity index (χ0) is 12.3. The Kier molecular flexibility index (Phi) is 4.02. The molecule has 1 saturated heterocycles. The van der Waals surface area contributed by atoms with Crippen LogP contribution in [0.3, 0.4) is 0 Å². The van der Waals surface area contributed by atoms with E-state index < -0.39 is 5.97 Å². The van der Waals surface area contributed by atoms with Gasteiger partial charge in [0, 0.05) is 30.3 Å². The fourth-order valence-electron chi connectivity index (χ4n) is 1.95. The molecule has 1 aromatic rings. The van der Waals surface area contributed by atoms with E-state index in [1.54, 1.807) is 11.8 Å². The van der Waals surface area contributed by atoms with Crippen molar-refractivity contribution in [3.8, 4) is 0 Å². The van der Waals surface area contributed by atoms with Crippen molar-refractivity contribution < 1.29 is 9.90 Å². The van der Waals surface area contributed by atoms with Crippen molar-refractivity contribution >= 4 is 17.7 Å². The molecule has 1 aromatic heterocycles. The molecule has 1 fully saturated rings. The Morgan fingerprint density at radius 2 is 2.47 bits per heavy atom. The van der Waals surface area contributed by atoms with Gasteiger partial charge in [-0.05, 0) is 19.1 Å². The van der Waals surface area contributed by atoms with Crippen molar-refractivity contribution in [3.05, 3.63) is 29.6 Å². The number of nitrogens with zero attached hydrogens (tertiary/aromatic N) is 2. The Morgan fingerprint density at radius 3 is 3.18 bits per heavy atom. The first-order chi connectivity index (χ1) is 8.16. The molecule has 1 aliphatic rings. The molecule has 0 aromatic carbocycles. The van der Waals surface area contributed by atoms with Gasteiger partial charge >= 0.3 is 5.97 Å². The van der Waals surface area contributed by atoms with Gasteiger partial charge in [0.05, 0.1) is 5.69 Å². The van der Waals surface area contributed by atoms with Crippen LogP contribution >= 0.6 is 11.8 Å². The summed E-state index contributed by atoms with van der Waals surface area (Å²) in [6.07, 6.45) is 0. The number of pyridine rings is 1. The summed E-state index contributed by atoms with van der Waals surface area (Å²) in [6.45, 7) is 3.39. The first kappa shape index (κ1) is 12.4. The normalized spacial score (nSPS) is 21.4. The molecule has 0 bridgehead atoms. The van der Waals surface area contributed by atoms with Gasteiger partial charge in [-0.3, -0.25) is 14.7 Å². The average molecular weight is 252 g/mol. The molecule has 0 radical (unpaired) electrons. The molecule has 1 atom stereocenters. The minimum atomic E-state index is -0.732. The van der Waals surface area contributed by atoms with Gasteiger partial charge in [0.1, 0.15) is 6.04 Å². The summed E-state index contributed by atoms with van der Waals surface area (Å²) in [5, 5.41) is 9.17. The molecule has 1 unspecified atom stereocenters. The maximum absolute atomic E-state index is 11.1. The van der Waals surface area contributed by atoms with E-state index in [2.05, 4.69) is 4.98 Å². The van der Waals surface area contributed by atoms with Gasteiger partial charge < -0.3 is 5.11 Å². The molecule has 2 heterocycles. The predicted molar refractivity (Wildman–Crippen MR) is 68.1 cm³/mol. The third-order valence-corrected chi connectivity index (χ3v) is 3.86. The van der Waals surface area contributed by atoms with Crippen LogP contribution in [0.5, 0.6) is 0 Å². The van der Waals surface area contributed by atoms with E-state index in [1.165, 1.54) is 0 Å². The molecular formula is C12H16N2O2S. The van der Waals surface area contributed by atoms with Crippen LogP contribution in [0, 0.1) is 6.92 Å². The molecule has 5 heteroatoms. The van der Waals surface area contributed by atoms with Crippen LogP contribution in [0.2, 0.25) is 0 Å². The van der Waals surface area contributed by atoms with Gasteiger partial charge in [0.2, 0.25) is 0 Å². The Labute approximate surface area is 105 Å². The van der Waals surface area contributed by atoms with Crippen molar-refractivity contribution in [1.82, 2.24) is 9.88 Å². The summed E-state index contributed by atoms with van der Waals surface area (Å²) >= 11 is 1.71. The van der Waals surface area contributed by atoms with E-state index in [1.807, 2.05) is 30.0 Å². The SMILES string of the molecule is Cc1cccc(CN2CCSCC2C(=O)O)n1. The zero-order valence-corrected chi connectivity index (χ0v) is 10.6. The quantitative estimate of drug-likeness (QED) is 0.881. The molecule has 2 rings (SSSR count). The monoisotopic (exact) mass is 252 g/mol. The second-order valence-corrected chi connectivity index (χ2v) is 5.32. The molecule has 17 heavy (non-hydrogen) atoms. The summed E-state index contributed by atoms with van der Waals surface area (Å²) in [4.78, 5) is 17.6. The van der Waals surface area contributed by atoms with Crippen LogP contribution in [-0.4, -0.2) is 45.1 Å². The Bertz CT molecular complexity index is 411. The average Bonchev–Trinajstić information content (AvgIpc) is 2.29. The molecular weight excluding hydrogens is 236 g/mol. The number of rotatable bonds is 3. The highest BCUT2D eigenvalue weighted by atomic mass is 32.2. The summed E-state index contributed by atoms with van der Waals surface area (Å²) in [5.74, 6) is 0.932. The molecule has 0 spiro atoms. The lowest BCUT2D eigenvalue weighted by Gasteiger charge is -2.32. The number of hydrogen-bond donors (Lipinski definition) is 1. The minimum absolute atomic E-state index is 0.379. The van der Waals surface area contributed by atoms with E-state index >= 15 is 0 Å². The summed E-state index contributed by atoms with van der Waals surface area (Å²) < 4.78 is 0. The van der Waals surface area contributed by atoms with Gasteiger partial charge in [0.25, 0.3) is 0 Å². The minimum Gasteiger partial charge on any atom is -0.480 e. The van der Waals surface area contributed by atoms with Crippen LogP contribution in [-0.2, 0) is 11.3 Å². The molecule has 0 aliphatic carbocycles. The van der Waals surface area contributed by atoms with Crippen molar-refractivity contribution in [2.24, 2.45) is 0 Å². The largest absolute Gasteiger partial charge is 0.480 e. The summed E-state index contributed by atoms with van der Waals surface area (Å²) in [6, 6.07) is 5.49. The number of thioether (sulfide) groups is 1. The fraction of sp³-hybridized carbons (Fsp3) is 0.500. The fourth-order valence-corrected chi connectivity index (χ4v) is 3.06. The van der Waals surface area contributed by atoms with Crippen molar-refractivity contribution in [2.75, 3.05) is 18.1 Å². The Hall–Kier alpha value is -1.07. The van der Waals surface area contributed by atoms with Gasteiger partial charge in [-0.25, -0.2) is 0 Å². The number of carboxylic acids is 1. The first-order valence-electron chi connectivity index (χ1n) is 5.64. The van der Waals surface area contributed by atoms with Crippen LogP contribution in [0.4, 0.5) is 0 Å². The molecule has 1 aliphatic heterocycles. The van der Waals surface area contributed by atoms with Crippen LogP contribution in [0.1, 0.15) is 11.4 Å². The maximum Gasteiger partial charge on any atom is 0.321 e. The third kappa shape index (κ3) is 3.20. The van der Waals surface area contributed by atoms with Crippen LogP contribution in [0.15, 0.2) is 18.2 Å². The summed E-state index contributed by atoms with van der Waals surface area (Å²) in [7, 11) is 0. The summed E-state index contributed by atoms with van der Waals surface area (Å²) in [5.41, 5.74) is 1.92. The van der Waals surface area contributed by atoms with Crippen molar-refractivity contribution in [2.45, 2.75) is 19.5 Å². The van der Waals surface area contributed by atoms with Crippen LogP contribution < -0.4 is 0 Å². The van der Waals surface area contributed by atoms with E-state index in [4.69, 9.17) is 5.11 Å². The van der Waals surface area contributed by atoms with Crippen molar-refractivity contribution in [3.63, 3.8) is 0 Å². The van der Waals surface area contributed by atoms with E-state index in [0.29, 0.717) is 12.3 Å². The molecule has 4 nitrogen and oxygen atoms in total. The number of aromatic nitrogens is 1. The van der Waals surface area contributed by atoms with E-state index in [-0.39, 0.29) is 6.04 Å². The highest BCUT2D eigenvalue weighted by Gasteiger charge is 2.28. The molecule has 92 valence electrons. The van der Waals surface area contributed by atoms with Gasteiger partial charge in [0.15, 0.2) is 0 Å².